The molecule has 0 spiro atoms. The van der Waals surface area contributed by atoms with Crippen LogP contribution in [0.5, 0.6) is 0 Å². The number of amides is 3. The summed E-state index contributed by atoms with van der Waals surface area (Å²) in [5.74, 6) is -0.530. The van der Waals surface area contributed by atoms with Gasteiger partial charge in [0.15, 0.2) is 0 Å². The fraction of sp³-hybridized carbons (Fsp3) is 0.609. The summed E-state index contributed by atoms with van der Waals surface area (Å²) in [5.41, 5.74) is 1.64. The highest BCUT2D eigenvalue weighted by molar-refractivity contribution is 8.01. The van der Waals surface area contributed by atoms with Crippen LogP contribution in [0.2, 0.25) is 0 Å². The van der Waals surface area contributed by atoms with Crippen molar-refractivity contribution >= 4 is 29.5 Å². The molecule has 7 heteroatoms. The minimum absolute atomic E-state index is 0.0465. The van der Waals surface area contributed by atoms with Gasteiger partial charge in [0.05, 0.1) is 0 Å². The van der Waals surface area contributed by atoms with Crippen molar-refractivity contribution in [1.29, 1.82) is 0 Å². The number of carbonyl (C=O) groups is 3. The molecule has 2 heterocycles. The smallest absolute Gasteiger partial charge is 0.256 e. The molecule has 1 aliphatic carbocycles. The third kappa shape index (κ3) is 3.61. The van der Waals surface area contributed by atoms with Crippen LogP contribution in [0, 0.1) is 5.92 Å². The van der Waals surface area contributed by atoms with E-state index in [1.807, 2.05) is 52.0 Å². The number of rotatable bonds is 5. The molecule has 0 bridgehead atoms. The van der Waals surface area contributed by atoms with Gasteiger partial charge >= 0.3 is 0 Å². The van der Waals surface area contributed by atoms with Gasteiger partial charge in [0.25, 0.3) is 5.91 Å². The molecular weight excluding hydrogens is 398 g/mol. The lowest BCUT2D eigenvalue weighted by atomic mass is 9.98. The van der Waals surface area contributed by atoms with Crippen LogP contribution in [0.15, 0.2) is 24.3 Å². The first-order valence-electron chi connectivity index (χ1n) is 10.9. The highest BCUT2D eigenvalue weighted by Gasteiger charge is 2.57. The second-order valence-corrected chi connectivity index (χ2v) is 11.2. The average Bonchev–Trinajstić information content (AvgIpc) is 3.35. The quantitative estimate of drug-likeness (QED) is 0.753. The maximum atomic E-state index is 13.5. The van der Waals surface area contributed by atoms with Crippen molar-refractivity contribution in [3.63, 3.8) is 0 Å². The number of hydrogen-bond donors (Lipinski definition) is 2. The average molecular weight is 430 g/mol. The third-order valence-electron chi connectivity index (χ3n) is 6.49. The molecule has 1 saturated carbocycles. The maximum absolute atomic E-state index is 13.5. The predicted molar refractivity (Wildman–Crippen MR) is 118 cm³/mol. The topological polar surface area (TPSA) is 78.5 Å². The summed E-state index contributed by atoms with van der Waals surface area (Å²) in [5, 5.41) is 5.93. The molecule has 1 saturated heterocycles. The largest absolute Gasteiger partial charge is 0.352 e. The van der Waals surface area contributed by atoms with Gasteiger partial charge in [-0.05, 0) is 44.2 Å². The van der Waals surface area contributed by atoms with E-state index in [0.717, 1.165) is 31.2 Å². The van der Waals surface area contributed by atoms with Crippen LogP contribution in [0.3, 0.4) is 0 Å². The van der Waals surface area contributed by atoms with Crippen LogP contribution in [0.25, 0.3) is 0 Å². The highest BCUT2D eigenvalue weighted by atomic mass is 32.2. The van der Waals surface area contributed by atoms with Crippen molar-refractivity contribution in [2.45, 2.75) is 81.6 Å². The minimum atomic E-state index is -0.632. The van der Waals surface area contributed by atoms with E-state index < -0.39 is 16.8 Å². The van der Waals surface area contributed by atoms with E-state index in [9.17, 15) is 14.4 Å². The molecule has 2 N–H and O–H groups in total. The molecule has 4 rings (SSSR count). The lowest BCUT2D eigenvalue weighted by Crippen LogP contribution is -2.58. The molecule has 2 aliphatic heterocycles. The molecule has 0 radical (unpaired) electrons. The lowest BCUT2D eigenvalue weighted by Gasteiger charge is -2.32. The normalized spacial score (nSPS) is 25.9. The van der Waals surface area contributed by atoms with E-state index in [-0.39, 0.29) is 35.1 Å². The van der Waals surface area contributed by atoms with Crippen molar-refractivity contribution in [2.75, 3.05) is 0 Å². The van der Waals surface area contributed by atoms with Gasteiger partial charge in [-0.2, -0.15) is 0 Å². The van der Waals surface area contributed by atoms with E-state index in [2.05, 4.69) is 10.6 Å². The van der Waals surface area contributed by atoms with Crippen LogP contribution in [-0.4, -0.2) is 45.5 Å². The number of nitrogens with one attached hydrogen (secondary N) is 2. The molecule has 0 unspecified atom stereocenters. The van der Waals surface area contributed by atoms with E-state index in [1.165, 1.54) is 0 Å². The molecule has 3 amide bonds. The molecule has 1 aromatic rings. The van der Waals surface area contributed by atoms with Gasteiger partial charge in [0, 0.05) is 16.4 Å². The Kier molecular flexibility index (Phi) is 5.60. The molecule has 162 valence electrons. The van der Waals surface area contributed by atoms with Gasteiger partial charge in [-0.25, -0.2) is 0 Å². The monoisotopic (exact) mass is 429 g/mol. The van der Waals surface area contributed by atoms with Gasteiger partial charge in [0.1, 0.15) is 17.5 Å². The maximum Gasteiger partial charge on any atom is 0.256 e. The van der Waals surface area contributed by atoms with Gasteiger partial charge < -0.3 is 15.5 Å². The zero-order chi connectivity index (χ0) is 21.6. The van der Waals surface area contributed by atoms with E-state index >= 15 is 0 Å². The zero-order valence-electron chi connectivity index (χ0n) is 18.1. The number of hydrogen-bond acceptors (Lipinski definition) is 4. The molecule has 0 aromatic heterocycles. The Balaban J connectivity index is 1.54. The van der Waals surface area contributed by atoms with Crippen LogP contribution in [0.1, 0.15) is 74.7 Å². The summed E-state index contributed by atoms with van der Waals surface area (Å²) in [4.78, 5) is 41.2. The Bertz CT molecular complexity index is 863. The number of fused-ring (bicyclic) bond motifs is 3. The summed E-state index contributed by atoms with van der Waals surface area (Å²) in [7, 11) is 0. The molecule has 3 atom stereocenters. The first-order valence-corrected chi connectivity index (χ1v) is 11.8. The Morgan fingerprint density at radius 3 is 2.50 bits per heavy atom. The lowest BCUT2D eigenvalue weighted by molar-refractivity contribution is -0.133. The highest BCUT2D eigenvalue weighted by Crippen LogP contribution is 2.56. The predicted octanol–water partition coefficient (Wildman–Crippen LogP) is 3.23. The van der Waals surface area contributed by atoms with Crippen LogP contribution in [0.4, 0.5) is 0 Å². The number of carbonyl (C=O) groups excluding carboxylic acids is 3. The zero-order valence-corrected chi connectivity index (χ0v) is 18.9. The standard InChI is InChI=1S/C23H31N3O3S/c1-13(2)17(19(27)24-14-9-5-6-10-14)25-20(28)18-23(3,4)30-22-16-12-8-7-11-15(16)21(29)26(18)22/h7-8,11-14,17-18,22H,5-6,9-10H2,1-4H3,(H,24,27)(H,25,28)/t17-,18+,22-/m0/s1. The Morgan fingerprint density at radius 1 is 1.17 bits per heavy atom. The number of nitrogens with zero attached hydrogens (tertiary/aromatic N) is 1. The Morgan fingerprint density at radius 2 is 1.83 bits per heavy atom. The second kappa shape index (κ2) is 7.91. The van der Waals surface area contributed by atoms with E-state index in [4.69, 9.17) is 0 Å². The van der Waals surface area contributed by atoms with Crippen LogP contribution in [-0.2, 0) is 9.59 Å². The molecule has 3 aliphatic rings. The van der Waals surface area contributed by atoms with Crippen LogP contribution < -0.4 is 10.6 Å². The first-order chi connectivity index (χ1) is 14.2. The SMILES string of the molecule is CC(C)[C@H](NC(=O)[C@H]1N2C(=O)c3ccccc3[C@@H]2SC1(C)C)C(=O)NC1CCCC1. The number of benzene rings is 1. The second-order valence-electron chi connectivity index (χ2n) is 9.50. The molecular formula is C23H31N3O3S. The molecule has 6 nitrogen and oxygen atoms in total. The van der Waals surface area contributed by atoms with Gasteiger partial charge in [-0.1, -0.05) is 44.9 Å². The van der Waals surface area contributed by atoms with Crippen LogP contribution >= 0.6 is 11.8 Å². The van der Waals surface area contributed by atoms with Crippen molar-refractivity contribution in [1.82, 2.24) is 15.5 Å². The summed E-state index contributed by atoms with van der Waals surface area (Å²) in [6.07, 6.45) is 4.27. The first kappa shape index (κ1) is 21.2. The van der Waals surface area contributed by atoms with Crippen molar-refractivity contribution in [3.05, 3.63) is 35.4 Å². The Hall–Kier alpha value is -2.02. The van der Waals surface area contributed by atoms with E-state index in [0.29, 0.717) is 5.56 Å². The fourth-order valence-electron chi connectivity index (χ4n) is 4.93. The third-order valence-corrected chi connectivity index (χ3v) is 8.03. The van der Waals surface area contributed by atoms with Crippen molar-refractivity contribution in [3.8, 4) is 0 Å². The Labute approximate surface area is 182 Å². The van der Waals surface area contributed by atoms with E-state index in [1.54, 1.807) is 16.7 Å². The summed E-state index contributed by atoms with van der Waals surface area (Å²) >= 11 is 1.64. The van der Waals surface area contributed by atoms with Gasteiger partial charge in [-0.15, -0.1) is 11.8 Å². The summed E-state index contributed by atoms with van der Waals surface area (Å²) in [6.45, 7) is 7.87. The summed E-state index contributed by atoms with van der Waals surface area (Å²) in [6, 6.07) is 6.53. The van der Waals surface area contributed by atoms with Crippen molar-refractivity contribution in [2.24, 2.45) is 5.92 Å². The minimum Gasteiger partial charge on any atom is -0.352 e. The van der Waals surface area contributed by atoms with Gasteiger partial charge in [0.2, 0.25) is 11.8 Å². The number of thioether (sulfide) groups is 1. The van der Waals surface area contributed by atoms with Crippen molar-refractivity contribution < 1.29 is 14.4 Å². The molecule has 30 heavy (non-hydrogen) atoms. The molecule has 1 aromatic carbocycles. The van der Waals surface area contributed by atoms with Gasteiger partial charge in [-0.3, -0.25) is 14.4 Å². The fourth-order valence-corrected chi connectivity index (χ4v) is 6.52. The summed E-state index contributed by atoms with van der Waals surface area (Å²) < 4.78 is -0.457. The molecule has 2 fully saturated rings.